The van der Waals surface area contributed by atoms with E-state index in [9.17, 15) is 0 Å². The van der Waals surface area contributed by atoms with E-state index in [4.69, 9.17) is 10.9 Å². The predicted molar refractivity (Wildman–Crippen MR) is 85.5 cm³/mol. The smallest absolute Gasteiger partial charge is 0.173 e. The molecule has 2 aromatic rings. The number of benzene rings is 1. The molecule has 1 aromatic heterocycles. The fourth-order valence-electron chi connectivity index (χ4n) is 2.32. The average Bonchev–Trinajstić information content (AvgIpc) is 2.44. The summed E-state index contributed by atoms with van der Waals surface area (Å²) in [6.07, 6.45) is 0. The summed E-state index contributed by atoms with van der Waals surface area (Å²) >= 11 is 0. The molecule has 0 amide bonds. The summed E-state index contributed by atoms with van der Waals surface area (Å²) in [7, 11) is 1.92. The van der Waals surface area contributed by atoms with Crippen LogP contribution in [0.25, 0.3) is 0 Å². The van der Waals surface area contributed by atoms with Gasteiger partial charge in [0.05, 0.1) is 5.56 Å². The number of aryl methyl sites for hydroxylation is 3. The number of anilines is 2. The lowest BCUT2D eigenvalue weighted by molar-refractivity contribution is 0.318. The van der Waals surface area contributed by atoms with Crippen LogP contribution in [0.5, 0.6) is 0 Å². The van der Waals surface area contributed by atoms with Crippen molar-refractivity contribution in [3.63, 3.8) is 0 Å². The number of oxime groups is 1. The molecule has 0 saturated heterocycles. The van der Waals surface area contributed by atoms with Gasteiger partial charge in [0.25, 0.3) is 0 Å². The van der Waals surface area contributed by atoms with E-state index in [-0.39, 0.29) is 5.84 Å². The highest BCUT2D eigenvalue weighted by molar-refractivity contribution is 6.02. The van der Waals surface area contributed by atoms with Gasteiger partial charge in [0.1, 0.15) is 5.82 Å². The second-order valence-electron chi connectivity index (χ2n) is 5.21. The highest BCUT2D eigenvalue weighted by atomic mass is 16.4. The molecule has 0 bridgehead atoms. The number of aromatic nitrogens is 1. The Balaban J connectivity index is 2.56. The number of hydrogen-bond donors (Lipinski definition) is 2. The Labute approximate surface area is 124 Å². The Morgan fingerprint density at radius 1 is 1.14 bits per heavy atom. The van der Waals surface area contributed by atoms with Gasteiger partial charge in [-0.3, -0.25) is 0 Å². The van der Waals surface area contributed by atoms with E-state index in [0.29, 0.717) is 11.4 Å². The molecule has 21 heavy (non-hydrogen) atoms. The first kappa shape index (κ1) is 14.8. The van der Waals surface area contributed by atoms with E-state index >= 15 is 0 Å². The molecule has 5 nitrogen and oxygen atoms in total. The Kier molecular flexibility index (Phi) is 4.12. The van der Waals surface area contributed by atoms with Crippen LogP contribution >= 0.6 is 0 Å². The van der Waals surface area contributed by atoms with Crippen molar-refractivity contribution in [2.45, 2.75) is 20.8 Å². The first-order valence-electron chi connectivity index (χ1n) is 6.70. The maximum Gasteiger partial charge on any atom is 0.173 e. The molecule has 0 saturated carbocycles. The zero-order chi connectivity index (χ0) is 15.6. The predicted octanol–water partition coefficient (Wildman–Crippen LogP) is 2.87. The topological polar surface area (TPSA) is 74.7 Å². The van der Waals surface area contributed by atoms with Gasteiger partial charge >= 0.3 is 0 Å². The highest BCUT2D eigenvalue weighted by Crippen LogP contribution is 2.27. The number of hydrogen-bond acceptors (Lipinski definition) is 4. The van der Waals surface area contributed by atoms with Crippen LogP contribution in [0.1, 0.15) is 22.4 Å². The number of nitrogens with two attached hydrogens (primary N) is 1. The van der Waals surface area contributed by atoms with Gasteiger partial charge in [0.2, 0.25) is 0 Å². The molecule has 0 aliphatic heterocycles. The Bertz CT molecular complexity index is 674. The van der Waals surface area contributed by atoms with Crippen LogP contribution in [0, 0.1) is 20.8 Å². The molecule has 3 N–H and O–H groups in total. The van der Waals surface area contributed by atoms with Crippen molar-refractivity contribution in [1.82, 2.24) is 4.98 Å². The van der Waals surface area contributed by atoms with Crippen LogP contribution in [0.2, 0.25) is 0 Å². The minimum absolute atomic E-state index is 0.0497. The SMILES string of the molecule is Cc1cc(C)cc(N(C)c2nc(C)ccc2C(N)=NO)c1. The molecule has 1 heterocycles. The Morgan fingerprint density at radius 2 is 1.76 bits per heavy atom. The van der Waals surface area contributed by atoms with E-state index < -0.39 is 0 Å². The minimum Gasteiger partial charge on any atom is -0.409 e. The molecular weight excluding hydrogens is 264 g/mol. The molecule has 0 aliphatic rings. The van der Waals surface area contributed by atoms with Crippen molar-refractivity contribution >= 4 is 17.3 Å². The van der Waals surface area contributed by atoms with E-state index in [1.54, 1.807) is 0 Å². The van der Waals surface area contributed by atoms with Crippen molar-refractivity contribution in [2.24, 2.45) is 10.9 Å². The van der Waals surface area contributed by atoms with Crippen molar-refractivity contribution in [1.29, 1.82) is 0 Å². The van der Waals surface area contributed by atoms with Gasteiger partial charge < -0.3 is 15.8 Å². The molecule has 0 aliphatic carbocycles. The van der Waals surface area contributed by atoms with Crippen molar-refractivity contribution in [3.05, 3.63) is 52.7 Å². The van der Waals surface area contributed by atoms with E-state index in [2.05, 4.69) is 42.2 Å². The first-order valence-corrected chi connectivity index (χ1v) is 6.70. The largest absolute Gasteiger partial charge is 0.409 e. The standard InChI is InChI=1S/C16H20N4O/c1-10-7-11(2)9-13(8-10)20(4)16-14(15(17)19-21)6-5-12(3)18-16/h5-9,21H,1-4H3,(H2,17,19). The second kappa shape index (κ2) is 5.83. The average molecular weight is 284 g/mol. The van der Waals surface area contributed by atoms with Crippen LogP contribution in [-0.4, -0.2) is 23.1 Å². The number of rotatable bonds is 3. The Morgan fingerprint density at radius 3 is 2.33 bits per heavy atom. The van der Waals surface area contributed by atoms with Gasteiger partial charge in [-0.05, 0) is 56.2 Å². The fourth-order valence-corrected chi connectivity index (χ4v) is 2.32. The second-order valence-corrected chi connectivity index (χ2v) is 5.21. The van der Waals surface area contributed by atoms with Gasteiger partial charge in [-0.2, -0.15) is 0 Å². The van der Waals surface area contributed by atoms with Crippen LogP contribution in [0.15, 0.2) is 35.5 Å². The van der Waals surface area contributed by atoms with Gasteiger partial charge in [-0.15, -0.1) is 0 Å². The van der Waals surface area contributed by atoms with Crippen molar-refractivity contribution in [2.75, 3.05) is 11.9 Å². The zero-order valence-electron chi connectivity index (χ0n) is 12.8. The molecule has 110 valence electrons. The number of nitrogens with zero attached hydrogens (tertiary/aromatic N) is 3. The van der Waals surface area contributed by atoms with E-state index in [0.717, 1.165) is 11.4 Å². The monoisotopic (exact) mass is 284 g/mol. The fraction of sp³-hybridized carbons (Fsp3) is 0.250. The van der Waals surface area contributed by atoms with Gasteiger partial charge in [0.15, 0.2) is 5.84 Å². The van der Waals surface area contributed by atoms with E-state index in [1.807, 2.05) is 31.0 Å². The first-order chi connectivity index (χ1) is 9.92. The van der Waals surface area contributed by atoms with Gasteiger partial charge in [-0.25, -0.2) is 4.98 Å². The lowest BCUT2D eigenvalue weighted by Crippen LogP contribution is -2.21. The molecule has 1 aromatic carbocycles. The van der Waals surface area contributed by atoms with Gasteiger partial charge in [0, 0.05) is 18.4 Å². The summed E-state index contributed by atoms with van der Waals surface area (Å²) in [5.74, 6) is 0.712. The maximum absolute atomic E-state index is 8.94. The van der Waals surface area contributed by atoms with Crippen molar-refractivity contribution in [3.8, 4) is 0 Å². The summed E-state index contributed by atoms with van der Waals surface area (Å²) in [6, 6.07) is 9.92. The summed E-state index contributed by atoms with van der Waals surface area (Å²) in [6.45, 7) is 6.02. The summed E-state index contributed by atoms with van der Waals surface area (Å²) in [4.78, 5) is 6.48. The normalized spacial score (nSPS) is 11.5. The molecule has 0 unspecified atom stereocenters. The molecule has 0 radical (unpaired) electrons. The van der Waals surface area contributed by atoms with Gasteiger partial charge in [-0.1, -0.05) is 11.2 Å². The summed E-state index contributed by atoms with van der Waals surface area (Å²) in [5, 5.41) is 12.0. The third-order valence-electron chi connectivity index (χ3n) is 3.31. The summed E-state index contributed by atoms with van der Waals surface area (Å²) < 4.78 is 0. The molecule has 0 atom stereocenters. The molecule has 0 spiro atoms. The van der Waals surface area contributed by atoms with Crippen LogP contribution < -0.4 is 10.6 Å². The zero-order valence-corrected chi connectivity index (χ0v) is 12.8. The molecule has 0 fully saturated rings. The quantitative estimate of drug-likeness (QED) is 0.393. The maximum atomic E-state index is 8.94. The lowest BCUT2D eigenvalue weighted by Gasteiger charge is -2.22. The van der Waals surface area contributed by atoms with Crippen LogP contribution in [0.4, 0.5) is 11.5 Å². The van der Waals surface area contributed by atoms with Crippen molar-refractivity contribution < 1.29 is 5.21 Å². The summed E-state index contributed by atoms with van der Waals surface area (Å²) in [5.41, 5.74) is 10.6. The molecular formula is C16H20N4O. The Hall–Kier alpha value is -2.56. The minimum atomic E-state index is 0.0497. The number of amidine groups is 1. The third-order valence-corrected chi connectivity index (χ3v) is 3.31. The molecule has 5 heteroatoms. The highest BCUT2D eigenvalue weighted by Gasteiger charge is 2.15. The van der Waals surface area contributed by atoms with E-state index in [1.165, 1.54) is 11.1 Å². The number of pyridine rings is 1. The third kappa shape index (κ3) is 3.13. The lowest BCUT2D eigenvalue weighted by atomic mass is 10.1. The van der Waals surface area contributed by atoms with Crippen LogP contribution in [-0.2, 0) is 0 Å². The molecule has 2 rings (SSSR count). The van der Waals surface area contributed by atoms with Crippen LogP contribution in [0.3, 0.4) is 0 Å².